The molecule has 0 amide bonds. The summed E-state index contributed by atoms with van der Waals surface area (Å²) in [4.78, 5) is 2.46. The minimum atomic E-state index is 0.173. The molecular formula is C33H27BIN. The smallest absolute Gasteiger partial charge is 0.247 e. The van der Waals surface area contributed by atoms with E-state index in [1.54, 1.807) is 0 Å². The fourth-order valence-corrected chi connectivity index (χ4v) is 6.30. The molecule has 0 N–H and O–H groups in total. The number of para-hydroxylation sites is 2. The number of aryl methyl sites for hydroxylation is 2. The van der Waals surface area contributed by atoms with Crippen LogP contribution in [0.1, 0.15) is 18.1 Å². The molecule has 1 nitrogen and oxygen atoms in total. The van der Waals surface area contributed by atoms with E-state index in [0.29, 0.717) is 0 Å². The van der Waals surface area contributed by atoms with Gasteiger partial charge in [0.05, 0.1) is 0 Å². The van der Waals surface area contributed by atoms with Crippen molar-refractivity contribution in [3.05, 3.63) is 130 Å². The first-order valence-corrected chi connectivity index (χ1v) is 13.7. The predicted octanol–water partition coefficient (Wildman–Crippen LogP) is 7.13. The first-order chi connectivity index (χ1) is 17.7. The van der Waals surface area contributed by atoms with Crippen LogP contribution >= 0.6 is 22.6 Å². The van der Waals surface area contributed by atoms with Gasteiger partial charge in [-0.3, -0.25) is 0 Å². The number of nitrogens with zero attached hydrogens (tertiary/aromatic N) is 1. The molecule has 0 saturated heterocycles. The van der Waals surface area contributed by atoms with Crippen LogP contribution in [0.25, 0.3) is 11.1 Å². The Bertz CT molecular complexity index is 1550. The lowest BCUT2D eigenvalue weighted by Crippen LogP contribution is -2.59. The van der Waals surface area contributed by atoms with Gasteiger partial charge in [-0.25, -0.2) is 0 Å². The second-order valence-electron chi connectivity index (χ2n) is 9.45. The first kappa shape index (κ1) is 23.1. The van der Waals surface area contributed by atoms with Crippen LogP contribution in [0.4, 0.5) is 17.1 Å². The maximum absolute atomic E-state index is 2.48. The highest BCUT2D eigenvalue weighted by atomic mass is 127. The fourth-order valence-electron chi connectivity index (χ4n) is 5.63. The highest BCUT2D eigenvalue weighted by Gasteiger charge is 2.37. The minimum absolute atomic E-state index is 0.173. The van der Waals surface area contributed by atoms with Crippen LogP contribution in [0.3, 0.4) is 0 Å². The van der Waals surface area contributed by atoms with Gasteiger partial charge in [-0.15, -0.1) is 0 Å². The highest BCUT2D eigenvalue weighted by molar-refractivity contribution is 14.1. The van der Waals surface area contributed by atoms with Gasteiger partial charge in [-0.05, 0) is 93.9 Å². The zero-order valence-corrected chi connectivity index (χ0v) is 22.7. The molecular weight excluding hydrogens is 548 g/mol. The van der Waals surface area contributed by atoms with Crippen molar-refractivity contribution in [1.29, 1.82) is 0 Å². The Kier molecular flexibility index (Phi) is 6.18. The summed E-state index contributed by atoms with van der Waals surface area (Å²) in [6, 6.07) is 42.2. The summed E-state index contributed by atoms with van der Waals surface area (Å²) in [7, 11) is 0. The van der Waals surface area contributed by atoms with Crippen molar-refractivity contribution >= 4 is 62.8 Å². The zero-order valence-electron chi connectivity index (χ0n) is 20.6. The fraction of sp³-hybridized carbons (Fsp3) is 0.0909. The maximum atomic E-state index is 2.48. The van der Waals surface area contributed by atoms with Gasteiger partial charge >= 0.3 is 0 Å². The third-order valence-electron chi connectivity index (χ3n) is 7.32. The Morgan fingerprint density at radius 1 is 0.667 bits per heavy atom. The number of hydrogen-bond acceptors (Lipinski definition) is 1. The van der Waals surface area contributed by atoms with Gasteiger partial charge in [0.25, 0.3) is 0 Å². The summed E-state index contributed by atoms with van der Waals surface area (Å²) in [6.07, 6.45) is 0.998. The van der Waals surface area contributed by atoms with E-state index in [1.807, 2.05) is 0 Å². The van der Waals surface area contributed by atoms with Crippen LogP contribution in [0.2, 0.25) is 0 Å². The number of fused-ring (bicyclic) bond motifs is 2. The molecule has 0 aromatic heterocycles. The zero-order chi connectivity index (χ0) is 24.6. The van der Waals surface area contributed by atoms with Crippen LogP contribution in [-0.2, 0) is 6.42 Å². The van der Waals surface area contributed by atoms with Crippen molar-refractivity contribution in [3.63, 3.8) is 0 Å². The lowest BCUT2D eigenvalue weighted by molar-refractivity contribution is 1.14. The van der Waals surface area contributed by atoms with Crippen LogP contribution < -0.4 is 21.3 Å². The van der Waals surface area contributed by atoms with Gasteiger partial charge in [-0.2, -0.15) is 0 Å². The summed E-state index contributed by atoms with van der Waals surface area (Å²) in [5.74, 6) is 0. The summed E-state index contributed by atoms with van der Waals surface area (Å²) >= 11 is 2.48. The lowest BCUT2D eigenvalue weighted by atomic mass is 9.33. The SMILES string of the molecule is CCc1cc(I)cc2c1B(c1cc(-c3ccccc3)ccc1C)c1ccccc1N2c1ccccc1. The number of benzene rings is 5. The molecule has 0 saturated carbocycles. The molecule has 36 heavy (non-hydrogen) atoms. The third kappa shape index (κ3) is 3.96. The molecule has 0 bridgehead atoms. The molecule has 5 aromatic rings. The molecule has 0 aliphatic carbocycles. The van der Waals surface area contributed by atoms with E-state index in [1.165, 1.54) is 59.3 Å². The van der Waals surface area contributed by atoms with E-state index in [9.17, 15) is 0 Å². The van der Waals surface area contributed by atoms with Crippen LogP contribution in [0, 0.1) is 10.5 Å². The lowest BCUT2D eigenvalue weighted by Gasteiger charge is -2.38. The van der Waals surface area contributed by atoms with Gasteiger partial charge in [0.15, 0.2) is 0 Å². The maximum Gasteiger partial charge on any atom is 0.247 e. The van der Waals surface area contributed by atoms with Crippen LogP contribution in [0.5, 0.6) is 0 Å². The standard InChI is InChI=1S/C33H27BIN/c1-3-24-20-27(35)22-32-33(24)34(30-21-26(19-18-23(30)2)25-12-6-4-7-13-25)29-16-10-11-17-31(29)36(32)28-14-8-5-9-15-28/h4-22H,3H2,1-2H3. The van der Waals surface area contributed by atoms with Crippen LogP contribution in [0.15, 0.2) is 115 Å². The molecule has 1 aliphatic rings. The number of anilines is 3. The van der Waals surface area contributed by atoms with E-state index in [4.69, 9.17) is 0 Å². The molecule has 0 fully saturated rings. The summed E-state index contributed by atoms with van der Waals surface area (Å²) in [5, 5.41) is 0. The van der Waals surface area contributed by atoms with Crippen molar-refractivity contribution in [3.8, 4) is 11.1 Å². The molecule has 0 unspecified atom stereocenters. The molecule has 5 aromatic carbocycles. The molecule has 1 aliphatic heterocycles. The topological polar surface area (TPSA) is 3.24 Å². The summed E-state index contributed by atoms with van der Waals surface area (Å²) in [6.45, 7) is 4.71. The second-order valence-corrected chi connectivity index (χ2v) is 10.7. The highest BCUT2D eigenvalue weighted by Crippen LogP contribution is 2.37. The van der Waals surface area contributed by atoms with Crippen molar-refractivity contribution in [2.24, 2.45) is 0 Å². The Labute approximate surface area is 228 Å². The normalized spacial score (nSPS) is 12.3. The molecule has 174 valence electrons. The largest absolute Gasteiger partial charge is 0.311 e. The molecule has 3 heteroatoms. The Balaban J connectivity index is 1.66. The Hall–Kier alpha value is -3.31. The average molecular weight is 575 g/mol. The van der Waals surface area contributed by atoms with E-state index in [0.717, 1.165) is 6.42 Å². The van der Waals surface area contributed by atoms with Crippen LogP contribution in [-0.4, -0.2) is 6.71 Å². The molecule has 0 radical (unpaired) electrons. The number of hydrogen-bond donors (Lipinski definition) is 0. The van der Waals surface area contributed by atoms with E-state index < -0.39 is 0 Å². The Morgan fingerprint density at radius 3 is 2.11 bits per heavy atom. The molecule has 6 rings (SSSR count). The van der Waals surface area contributed by atoms with Gasteiger partial charge in [0, 0.05) is 20.6 Å². The second kappa shape index (κ2) is 9.63. The molecule has 1 heterocycles. The monoisotopic (exact) mass is 575 g/mol. The van der Waals surface area contributed by atoms with Crippen molar-refractivity contribution in [1.82, 2.24) is 0 Å². The van der Waals surface area contributed by atoms with Gasteiger partial charge in [0.1, 0.15) is 0 Å². The van der Waals surface area contributed by atoms with Gasteiger partial charge in [0.2, 0.25) is 6.71 Å². The first-order valence-electron chi connectivity index (χ1n) is 12.6. The Morgan fingerprint density at radius 2 is 1.36 bits per heavy atom. The van der Waals surface area contributed by atoms with E-state index in [-0.39, 0.29) is 6.71 Å². The van der Waals surface area contributed by atoms with E-state index >= 15 is 0 Å². The van der Waals surface area contributed by atoms with Gasteiger partial charge < -0.3 is 4.90 Å². The van der Waals surface area contributed by atoms with Crippen molar-refractivity contribution in [2.45, 2.75) is 20.3 Å². The molecule has 0 atom stereocenters. The van der Waals surface area contributed by atoms with Gasteiger partial charge in [-0.1, -0.05) is 103 Å². The average Bonchev–Trinajstić information content (AvgIpc) is 2.92. The van der Waals surface area contributed by atoms with Crippen molar-refractivity contribution < 1.29 is 0 Å². The predicted molar refractivity (Wildman–Crippen MR) is 164 cm³/mol. The molecule has 0 spiro atoms. The van der Waals surface area contributed by atoms with E-state index in [2.05, 4.69) is 157 Å². The number of rotatable bonds is 4. The summed E-state index contributed by atoms with van der Waals surface area (Å²) in [5.41, 5.74) is 13.2. The number of halogens is 1. The van der Waals surface area contributed by atoms with Crippen molar-refractivity contribution in [2.75, 3.05) is 4.90 Å². The quantitative estimate of drug-likeness (QED) is 0.160. The third-order valence-corrected chi connectivity index (χ3v) is 7.94. The minimum Gasteiger partial charge on any atom is -0.311 e. The summed E-state index contributed by atoms with van der Waals surface area (Å²) < 4.78 is 1.28.